The second-order valence-corrected chi connectivity index (χ2v) is 9.65. The Morgan fingerprint density at radius 2 is 1.79 bits per heavy atom. The number of carbonyl (C=O) groups is 1. The van der Waals surface area contributed by atoms with Gasteiger partial charge in [-0.25, -0.2) is 15.0 Å². The molecule has 2 heterocycles. The molecular formula is C31H33N5O3. The molecule has 2 aromatic carbocycles. The predicted molar refractivity (Wildman–Crippen MR) is 153 cm³/mol. The molecule has 0 atom stereocenters. The van der Waals surface area contributed by atoms with E-state index in [9.17, 15) is 4.79 Å². The van der Waals surface area contributed by atoms with E-state index in [1.165, 1.54) is 37.7 Å². The van der Waals surface area contributed by atoms with E-state index in [1.807, 2.05) is 31.2 Å². The molecule has 8 heteroatoms. The average molecular weight is 524 g/mol. The molecule has 0 spiro atoms. The molecule has 0 saturated heterocycles. The number of methoxy groups -OCH3 is 1. The van der Waals surface area contributed by atoms with Crippen LogP contribution >= 0.6 is 0 Å². The smallest absolute Gasteiger partial charge is 0.256 e. The van der Waals surface area contributed by atoms with Gasteiger partial charge in [-0.3, -0.25) is 4.79 Å². The molecule has 2 aromatic heterocycles. The van der Waals surface area contributed by atoms with Crippen molar-refractivity contribution in [1.82, 2.24) is 15.0 Å². The van der Waals surface area contributed by atoms with Gasteiger partial charge in [-0.05, 0) is 73.7 Å². The number of nitrogens with zero attached hydrogens (tertiary/aromatic N) is 3. The Morgan fingerprint density at radius 1 is 0.949 bits per heavy atom. The van der Waals surface area contributed by atoms with Gasteiger partial charge in [0.05, 0.1) is 24.1 Å². The number of hydrogen-bond acceptors (Lipinski definition) is 7. The van der Waals surface area contributed by atoms with Crippen LogP contribution in [0.1, 0.15) is 59.5 Å². The van der Waals surface area contributed by atoms with Crippen LogP contribution in [0.2, 0.25) is 0 Å². The highest BCUT2D eigenvalue weighted by Gasteiger charge is 2.20. The Labute approximate surface area is 228 Å². The molecule has 1 aliphatic rings. The maximum Gasteiger partial charge on any atom is 0.256 e. The molecule has 39 heavy (non-hydrogen) atoms. The number of aromatic nitrogens is 3. The minimum atomic E-state index is -0.229. The monoisotopic (exact) mass is 523 g/mol. The number of rotatable bonds is 8. The first kappa shape index (κ1) is 26.2. The second kappa shape index (κ2) is 11.9. The number of benzene rings is 2. The zero-order valence-electron chi connectivity index (χ0n) is 22.5. The highest BCUT2D eigenvalue weighted by atomic mass is 16.5. The van der Waals surface area contributed by atoms with Crippen molar-refractivity contribution < 1.29 is 14.3 Å². The van der Waals surface area contributed by atoms with Gasteiger partial charge in [0.25, 0.3) is 5.91 Å². The van der Waals surface area contributed by atoms with Crippen LogP contribution in [0.5, 0.6) is 17.4 Å². The first-order valence-corrected chi connectivity index (χ1v) is 13.3. The van der Waals surface area contributed by atoms with Gasteiger partial charge < -0.3 is 20.1 Å². The molecular weight excluding hydrogens is 490 g/mol. The fourth-order valence-corrected chi connectivity index (χ4v) is 5.07. The molecule has 2 N–H and O–H groups in total. The number of pyridine rings is 1. The van der Waals surface area contributed by atoms with Gasteiger partial charge >= 0.3 is 0 Å². The van der Waals surface area contributed by atoms with E-state index in [0.717, 1.165) is 5.56 Å². The molecule has 4 aromatic rings. The van der Waals surface area contributed by atoms with E-state index in [2.05, 4.69) is 37.7 Å². The summed E-state index contributed by atoms with van der Waals surface area (Å²) in [5, 5.41) is 6.03. The molecule has 0 unspecified atom stereocenters. The topological polar surface area (TPSA) is 98.3 Å². The van der Waals surface area contributed by atoms with Gasteiger partial charge in [0.1, 0.15) is 11.5 Å². The Kier molecular flexibility index (Phi) is 8.01. The number of amides is 1. The summed E-state index contributed by atoms with van der Waals surface area (Å²) in [6.07, 6.45) is 9.49. The summed E-state index contributed by atoms with van der Waals surface area (Å²) in [4.78, 5) is 26.6. The van der Waals surface area contributed by atoms with Crippen LogP contribution in [0.15, 0.2) is 67.0 Å². The van der Waals surface area contributed by atoms with E-state index >= 15 is 0 Å². The Hall–Kier alpha value is -4.46. The number of hydrogen-bond donors (Lipinski definition) is 2. The van der Waals surface area contributed by atoms with Crippen LogP contribution in [0.3, 0.4) is 0 Å². The van der Waals surface area contributed by atoms with Crippen LogP contribution in [0, 0.1) is 6.92 Å². The SMILES string of the molecule is CNc1nccc(-c2cccnc2Oc2cccc(C(=O)Nc3cc(C4CCCCC4)ccc3OC)c2C)n1. The number of carbonyl (C=O) groups excluding carboxylic acids is 1. The highest BCUT2D eigenvalue weighted by molar-refractivity contribution is 6.06. The summed E-state index contributed by atoms with van der Waals surface area (Å²) in [6, 6.07) is 17.1. The van der Waals surface area contributed by atoms with E-state index in [4.69, 9.17) is 9.47 Å². The molecule has 8 nitrogen and oxygen atoms in total. The fraction of sp³-hybridized carbons (Fsp3) is 0.290. The van der Waals surface area contributed by atoms with Gasteiger partial charge in [-0.1, -0.05) is 31.4 Å². The molecule has 1 aliphatic carbocycles. The maximum atomic E-state index is 13.5. The molecule has 1 amide bonds. The minimum Gasteiger partial charge on any atom is -0.495 e. The number of nitrogens with one attached hydrogen (secondary N) is 2. The minimum absolute atomic E-state index is 0.229. The van der Waals surface area contributed by atoms with Crippen molar-refractivity contribution in [2.75, 3.05) is 24.8 Å². The van der Waals surface area contributed by atoms with Crippen LogP contribution in [0.25, 0.3) is 11.3 Å². The third-order valence-electron chi connectivity index (χ3n) is 7.21. The lowest BCUT2D eigenvalue weighted by Crippen LogP contribution is -2.15. The molecule has 0 aliphatic heterocycles. The summed E-state index contributed by atoms with van der Waals surface area (Å²) in [5.41, 5.74) is 4.52. The predicted octanol–water partition coefficient (Wildman–Crippen LogP) is 6.99. The van der Waals surface area contributed by atoms with Gasteiger partial charge in [-0.2, -0.15) is 0 Å². The summed E-state index contributed by atoms with van der Waals surface area (Å²) in [6.45, 7) is 1.87. The maximum absolute atomic E-state index is 13.5. The van der Waals surface area contributed by atoms with Crippen LogP contribution in [-0.4, -0.2) is 35.0 Å². The standard InChI is InChI=1S/C31H33N5O3/c1-20-23(29(37)35-26-19-22(14-15-28(26)38-3)21-9-5-4-6-10-21)11-7-13-27(20)39-30-24(12-8-17-33-30)25-16-18-34-31(32-2)36-25/h7-8,11-19,21H,4-6,9-10H2,1-3H3,(H,35,37)(H,32,34,36). The third kappa shape index (κ3) is 5.85. The molecule has 5 rings (SSSR count). The number of ether oxygens (including phenoxy) is 2. The van der Waals surface area contributed by atoms with Gasteiger partial charge in [0.2, 0.25) is 11.8 Å². The van der Waals surface area contributed by atoms with Crippen molar-refractivity contribution in [1.29, 1.82) is 0 Å². The van der Waals surface area contributed by atoms with Gasteiger partial charge in [0.15, 0.2) is 0 Å². The molecule has 0 bridgehead atoms. The van der Waals surface area contributed by atoms with Crippen molar-refractivity contribution >= 4 is 17.5 Å². The van der Waals surface area contributed by atoms with Crippen LogP contribution in [-0.2, 0) is 0 Å². The molecule has 1 fully saturated rings. The summed E-state index contributed by atoms with van der Waals surface area (Å²) >= 11 is 0. The molecule has 200 valence electrons. The fourth-order valence-electron chi connectivity index (χ4n) is 5.07. The van der Waals surface area contributed by atoms with Crippen molar-refractivity contribution in [3.8, 4) is 28.6 Å². The van der Waals surface area contributed by atoms with Crippen molar-refractivity contribution in [3.63, 3.8) is 0 Å². The van der Waals surface area contributed by atoms with Gasteiger partial charge in [-0.15, -0.1) is 0 Å². The normalized spacial score (nSPS) is 13.5. The Bertz CT molecular complexity index is 1470. The summed E-state index contributed by atoms with van der Waals surface area (Å²) in [7, 11) is 3.38. The first-order valence-electron chi connectivity index (χ1n) is 13.3. The third-order valence-corrected chi connectivity index (χ3v) is 7.21. The van der Waals surface area contributed by atoms with Crippen molar-refractivity contribution in [2.45, 2.75) is 44.9 Å². The van der Waals surface area contributed by atoms with E-state index in [1.54, 1.807) is 44.8 Å². The van der Waals surface area contributed by atoms with E-state index in [0.29, 0.717) is 51.8 Å². The molecule has 0 radical (unpaired) electrons. The van der Waals surface area contributed by atoms with Crippen molar-refractivity contribution in [2.24, 2.45) is 0 Å². The van der Waals surface area contributed by atoms with Crippen LogP contribution in [0.4, 0.5) is 11.6 Å². The van der Waals surface area contributed by atoms with E-state index < -0.39 is 0 Å². The Morgan fingerprint density at radius 3 is 2.59 bits per heavy atom. The quantitative estimate of drug-likeness (QED) is 0.257. The van der Waals surface area contributed by atoms with E-state index in [-0.39, 0.29) is 5.91 Å². The highest BCUT2D eigenvalue weighted by Crippen LogP contribution is 2.37. The summed E-state index contributed by atoms with van der Waals surface area (Å²) < 4.78 is 11.8. The first-order chi connectivity index (χ1) is 19.1. The lowest BCUT2D eigenvalue weighted by atomic mass is 9.84. The van der Waals surface area contributed by atoms with Crippen molar-refractivity contribution in [3.05, 3.63) is 83.7 Å². The largest absolute Gasteiger partial charge is 0.495 e. The zero-order valence-corrected chi connectivity index (χ0v) is 22.5. The zero-order chi connectivity index (χ0) is 27.2. The van der Waals surface area contributed by atoms with Crippen LogP contribution < -0.4 is 20.1 Å². The molecule has 1 saturated carbocycles. The van der Waals surface area contributed by atoms with Gasteiger partial charge in [0, 0.05) is 30.6 Å². The second-order valence-electron chi connectivity index (χ2n) is 9.65. The summed E-state index contributed by atoms with van der Waals surface area (Å²) in [5.74, 6) is 2.35. The lowest BCUT2D eigenvalue weighted by Gasteiger charge is -2.23. The number of anilines is 2. The average Bonchev–Trinajstić information content (AvgIpc) is 2.99. The Balaban J connectivity index is 1.40. The lowest BCUT2D eigenvalue weighted by molar-refractivity contribution is 0.102.